The molecule has 0 radical (unpaired) electrons. The number of hydrogen-bond donors (Lipinski definition) is 6. The summed E-state index contributed by atoms with van der Waals surface area (Å²) in [6, 6.07) is 0. The molecule has 0 fully saturated rings. The zero-order chi connectivity index (χ0) is 27.7. The standard InChI is InChI=1S/C27H54O10/c1-2-3-4-5-6-7-8-9-10-11-12-13-14-15-16-17-25(32)35-20-23(30)27(34)37-21-24(31)26(33)36-19-22(29)18-28/h22-24,26-31,33-34H,2-21H2,1H3. The Hall–Kier alpha value is -0.850. The molecule has 0 saturated carbocycles. The highest BCUT2D eigenvalue weighted by Crippen LogP contribution is 2.14. The second-order valence-electron chi connectivity index (χ2n) is 9.80. The molecule has 0 bridgehead atoms. The zero-order valence-corrected chi connectivity index (χ0v) is 22.8. The SMILES string of the molecule is CCCCCCCCCCCCCCCCCC(=O)OCC(O)C(O)OCC(O)C(O)OCC(O)CO. The highest BCUT2D eigenvalue weighted by Gasteiger charge is 2.24. The average Bonchev–Trinajstić information content (AvgIpc) is 2.90. The molecule has 222 valence electrons. The van der Waals surface area contributed by atoms with Crippen LogP contribution in [-0.4, -0.2) is 93.9 Å². The first-order chi connectivity index (χ1) is 17.8. The quantitative estimate of drug-likeness (QED) is 0.0520. The van der Waals surface area contributed by atoms with Crippen LogP contribution < -0.4 is 0 Å². The van der Waals surface area contributed by atoms with Crippen molar-refractivity contribution in [3.05, 3.63) is 0 Å². The van der Waals surface area contributed by atoms with Gasteiger partial charge in [-0.05, 0) is 6.42 Å². The second kappa shape index (κ2) is 25.4. The van der Waals surface area contributed by atoms with Gasteiger partial charge in [-0.25, -0.2) is 0 Å². The van der Waals surface area contributed by atoms with Crippen LogP contribution in [0.4, 0.5) is 0 Å². The molecular formula is C27H54O10. The molecule has 0 aliphatic heterocycles. The molecule has 6 N–H and O–H groups in total. The number of aliphatic hydroxyl groups is 6. The highest BCUT2D eigenvalue weighted by atomic mass is 16.6. The van der Waals surface area contributed by atoms with E-state index in [1.165, 1.54) is 77.0 Å². The summed E-state index contributed by atoms with van der Waals surface area (Å²) in [5.41, 5.74) is 0. The van der Waals surface area contributed by atoms with Crippen LogP contribution in [0.2, 0.25) is 0 Å². The lowest BCUT2D eigenvalue weighted by molar-refractivity contribution is -0.224. The van der Waals surface area contributed by atoms with Gasteiger partial charge in [-0.2, -0.15) is 0 Å². The van der Waals surface area contributed by atoms with E-state index in [-0.39, 0.29) is 6.42 Å². The molecular weight excluding hydrogens is 484 g/mol. The summed E-state index contributed by atoms with van der Waals surface area (Å²) in [6.07, 6.45) is 11.0. The van der Waals surface area contributed by atoms with Crippen molar-refractivity contribution >= 4 is 5.97 Å². The van der Waals surface area contributed by atoms with Crippen molar-refractivity contribution in [1.29, 1.82) is 0 Å². The van der Waals surface area contributed by atoms with E-state index >= 15 is 0 Å². The average molecular weight is 539 g/mol. The van der Waals surface area contributed by atoms with Crippen molar-refractivity contribution in [3.63, 3.8) is 0 Å². The maximum absolute atomic E-state index is 11.8. The molecule has 0 aromatic carbocycles. The Kier molecular flexibility index (Phi) is 24.8. The first kappa shape index (κ1) is 36.1. The fourth-order valence-corrected chi connectivity index (χ4v) is 3.74. The van der Waals surface area contributed by atoms with Gasteiger partial charge >= 0.3 is 5.97 Å². The summed E-state index contributed by atoms with van der Waals surface area (Å²) in [5.74, 6) is -0.466. The summed E-state index contributed by atoms with van der Waals surface area (Å²) >= 11 is 0. The summed E-state index contributed by atoms with van der Waals surface area (Å²) in [6.45, 7) is 0.227. The molecule has 37 heavy (non-hydrogen) atoms. The van der Waals surface area contributed by atoms with Crippen molar-refractivity contribution in [2.45, 2.75) is 141 Å². The summed E-state index contributed by atoms with van der Waals surface area (Å²) < 4.78 is 14.5. The van der Waals surface area contributed by atoms with Crippen LogP contribution in [0.15, 0.2) is 0 Å². The van der Waals surface area contributed by atoms with Crippen molar-refractivity contribution in [2.75, 3.05) is 26.4 Å². The van der Waals surface area contributed by atoms with E-state index < -0.39 is 63.3 Å². The van der Waals surface area contributed by atoms with E-state index in [4.69, 9.17) is 24.4 Å². The van der Waals surface area contributed by atoms with Gasteiger partial charge in [0.25, 0.3) is 0 Å². The fraction of sp³-hybridized carbons (Fsp3) is 0.963. The minimum absolute atomic E-state index is 0.240. The van der Waals surface area contributed by atoms with Crippen LogP contribution in [0.3, 0.4) is 0 Å². The lowest BCUT2D eigenvalue weighted by Crippen LogP contribution is -2.40. The molecule has 5 unspecified atom stereocenters. The van der Waals surface area contributed by atoms with E-state index in [0.29, 0.717) is 6.42 Å². The predicted molar refractivity (Wildman–Crippen MR) is 140 cm³/mol. The Morgan fingerprint density at radius 2 is 1.00 bits per heavy atom. The topological polar surface area (TPSA) is 166 Å². The molecule has 0 heterocycles. The monoisotopic (exact) mass is 538 g/mol. The van der Waals surface area contributed by atoms with E-state index in [1.54, 1.807) is 0 Å². The second-order valence-corrected chi connectivity index (χ2v) is 9.80. The van der Waals surface area contributed by atoms with Crippen LogP contribution in [0.5, 0.6) is 0 Å². The van der Waals surface area contributed by atoms with Crippen molar-refractivity contribution in [1.82, 2.24) is 0 Å². The molecule has 0 saturated heterocycles. The van der Waals surface area contributed by atoms with Crippen molar-refractivity contribution < 1.29 is 49.6 Å². The van der Waals surface area contributed by atoms with Gasteiger partial charge in [-0.3, -0.25) is 4.79 Å². The van der Waals surface area contributed by atoms with Gasteiger partial charge in [0.15, 0.2) is 12.6 Å². The summed E-state index contributed by atoms with van der Waals surface area (Å²) in [4.78, 5) is 11.8. The Labute approximate surface area is 222 Å². The minimum atomic E-state index is -1.75. The third-order valence-electron chi connectivity index (χ3n) is 6.17. The normalized spacial score (nSPS) is 15.8. The molecule has 0 amide bonds. The number of carbonyl (C=O) groups excluding carboxylic acids is 1. The van der Waals surface area contributed by atoms with Crippen LogP contribution in [0.1, 0.15) is 110 Å². The maximum Gasteiger partial charge on any atom is 0.305 e. The van der Waals surface area contributed by atoms with Gasteiger partial charge in [-0.1, -0.05) is 96.8 Å². The number of hydrogen-bond acceptors (Lipinski definition) is 10. The number of esters is 1. The molecule has 0 aromatic rings. The molecule has 0 spiro atoms. The van der Waals surface area contributed by atoms with Gasteiger partial charge in [0.1, 0.15) is 24.9 Å². The summed E-state index contributed by atoms with van der Waals surface area (Å²) in [7, 11) is 0. The Balaban J connectivity index is 3.61. The first-order valence-corrected chi connectivity index (χ1v) is 14.2. The molecule has 0 aliphatic rings. The molecule has 10 heteroatoms. The Morgan fingerprint density at radius 3 is 1.46 bits per heavy atom. The van der Waals surface area contributed by atoms with Gasteiger partial charge in [0.2, 0.25) is 0 Å². The number of carbonyl (C=O) groups is 1. The van der Waals surface area contributed by atoms with Crippen LogP contribution in [-0.2, 0) is 19.0 Å². The highest BCUT2D eigenvalue weighted by molar-refractivity contribution is 5.69. The predicted octanol–water partition coefficient (Wildman–Crippen LogP) is 2.54. The molecule has 0 aliphatic carbocycles. The van der Waals surface area contributed by atoms with E-state index in [2.05, 4.69) is 6.92 Å². The van der Waals surface area contributed by atoms with Crippen LogP contribution in [0, 0.1) is 0 Å². The largest absolute Gasteiger partial charge is 0.463 e. The fourth-order valence-electron chi connectivity index (χ4n) is 3.74. The van der Waals surface area contributed by atoms with Gasteiger partial charge in [0.05, 0.1) is 19.8 Å². The van der Waals surface area contributed by atoms with E-state index in [1.807, 2.05) is 0 Å². The first-order valence-electron chi connectivity index (χ1n) is 14.2. The number of unbranched alkanes of at least 4 members (excludes halogenated alkanes) is 14. The van der Waals surface area contributed by atoms with E-state index in [9.17, 15) is 25.2 Å². The van der Waals surface area contributed by atoms with Crippen LogP contribution in [0.25, 0.3) is 0 Å². The smallest absolute Gasteiger partial charge is 0.305 e. The van der Waals surface area contributed by atoms with Crippen molar-refractivity contribution in [3.8, 4) is 0 Å². The Morgan fingerprint density at radius 1 is 0.595 bits per heavy atom. The van der Waals surface area contributed by atoms with Gasteiger partial charge < -0.3 is 44.8 Å². The molecule has 5 atom stereocenters. The third kappa shape index (κ3) is 22.8. The number of aliphatic hydroxyl groups excluding tert-OH is 6. The maximum atomic E-state index is 11.8. The molecule has 0 rings (SSSR count). The summed E-state index contributed by atoms with van der Waals surface area (Å²) in [5, 5.41) is 56.7. The van der Waals surface area contributed by atoms with Gasteiger partial charge in [-0.15, -0.1) is 0 Å². The minimum Gasteiger partial charge on any atom is -0.463 e. The number of rotatable bonds is 27. The van der Waals surface area contributed by atoms with E-state index in [0.717, 1.165) is 12.8 Å². The Bertz CT molecular complexity index is 508. The van der Waals surface area contributed by atoms with Gasteiger partial charge in [0, 0.05) is 6.42 Å². The molecule has 0 aromatic heterocycles. The zero-order valence-electron chi connectivity index (χ0n) is 22.8. The lowest BCUT2D eigenvalue weighted by Gasteiger charge is -2.23. The third-order valence-corrected chi connectivity index (χ3v) is 6.17. The van der Waals surface area contributed by atoms with Crippen molar-refractivity contribution in [2.24, 2.45) is 0 Å². The molecule has 10 nitrogen and oxygen atoms in total. The number of ether oxygens (including phenoxy) is 3. The lowest BCUT2D eigenvalue weighted by atomic mass is 10.0. The van der Waals surface area contributed by atoms with Crippen LogP contribution >= 0.6 is 0 Å².